The molecule has 0 unspecified atom stereocenters. The van der Waals surface area contributed by atoms with E-state index in [2.05, 4.69) is 18.2 Å². The Morgan fingerprint density at radius 3 is 2.29 bits per heavy atom. The Hall–Kier alpha value is -2.24. The molecule has 0 spiro atoms. The molecular weight excluding hydrogens is 308 g/mol. The summed E-state index contributed by atoms with van der Waals surface area (Å²) >= 11 is 0. The molecule has 5 nitrogen and oxygen atoms in total. The molecule has 0 fully saturated rings. The molecule has 0 radical (unpaired) electrons. The zero-order valence-corrected chi connectivity index (χ0v) is 14.0. The van der Waals surface area contributed by atoms with Crippen LogP contribution < -0.4 is 14.2 Å². The number of methoxy groups -OCH3 is 2. The third-order valence-corrected chi connectivity index (χ3v) is 3.98. The van der Waals surface area contributed by atoms with Crippen molar-refractivity contribution in [3.05, 3.63) is 53.6 Å². The highest BCUT2D eigenvalue weighted by Gasteiger charge is 2.22. The summed E-state index contributed by atoms with van der Waals surface area (Å²) in [6.07, 6.45) is 0.943. The smallest absolute Gasteiger partial charge is 0.188 e. The minimum atomic E-state index is 0.235. The van der Waals surface area contributed by atoms with Gasteiger partial charge in [-0.05, 0) is 35.7 Å². The van der Waals surface area contributed by atoms with E-state index in [1.54, 1.807) is 14.2 Å². The molecular formula is C19H22O5. The van der Waals surface area contributed by atoms with Crippen molar-refractivity contribution >= 4 is 0 Å². The highest BCUT2D eigenvalue weighted by Crippen LogP contribution is 2.35. The third-order valence-electron chi connectivity index (χ3n) is 3.98. The summed E-state index contributed by atoms with van der Waals surface area (Å²) in [5.74, 6) is 2.78. The third kappa shape index (κ3) is 3.99. The predicted molar refractivity (Wildman–Crippen MR) is 89.8 cm³/mol. The summed E-state index contributed by atoms with van der Waals surface area (Å²) < 4.78 is 26.6. The van der Waals surface area contributed by atoms with Crippen molar-refractivity contribution in [3.63, 3.8) is 0 Å². The summed E-state index contributed by atoms with van der Waals surface area (Å²) in [4.78, 5) is 0. The molecule has 0 saturated heterocycles. The molecule has 0 aromatic heterocycles. The first-order chi connectivity index (χ1) is 11.8. The van der Waals surface area contributed by atoms with E-state index in [0.29, 0.717) is 12.5 Å². The molecule has 24 heavy (non-hydrogen) atoms. The van der Waals surface area contributed by atoms with Crippen molar-refractivity contribution in [2.45, 2.75) is 12.3 Å². The van der Waals surface area contributed by atoms with E-state index >= 15 is 0 Å². The average Bonchev–Trinajstić information content (AvgIpc) is 2.64. The molecule has 2 aromatic carbocycles. The average molecular weight is 330 g/mol. The molecule has 1 heterocycles. The number of fused-ring (bicyclic) bond motifs is 1. The lowest BCUT2D eigenvalue weighted by Crippen LogP contribution is -2.19. The second-order valence-corrected chi connectivity index (χ2v) is 5.65. The Kier molecular flexibility index (Phi) is 5.56. The van der Waals surface area contributed by atoms with Crippen molar-refractivity contribution < 1.29 is 23.7 Å². The van der Waals surface area contributed by atoms with Crippen molar-refractivity contribution in [1.82, 2.24) is 0 Å². The van der Waals surface area contributed by atoms with Crippen LogP contribution in [0.2, 0.25) is 0 Å². The van der Waals surface area contributed by atoms with Gasteiger partial charge in [0.1, 0.15) is 17.2 Å². The normalized spacial score (nSPS) is 16.2. The number of rotatable bonds is 7. The van der Waals surface area contributed by atoms with Crippen LogP contribution in [0.5, 0.6) is 17.2 Å². The van der Waals surface area contributed by atoms with Crippen molar-refractivity contribution in [2.24, 2.45) is 0 Å². The van der Waals surface area contributed by atoms with Crippen molar-refractivity contribution in [2.75, 3.05) is 34.4 Å². The maximum absolute atomic E-state index is 5.93. The maximum atomic E-state index is 5.93. The van der Waals surface area contributed by atoms with Crippen molar-refractivity contribution in [3.8, 4) is 17.2 Å². The van der Waals surface area contributed by atoms with E-state index in [0.717, 1.165) is 23.7 Å². The molecule has 3 rings (SSSR count). The van der Waals surface area contributed by atoms with Crippen LogP contribution in [-0.2, 0) is 15.9 Å². The quantitative estimate of drug-likeness (QED) is 0.729. The van der Waals surface area contributed by atoms with Gasteiger partial charge in [-0.3, -0.25) is 0 Å². The van der Waals surface area contributed by atoms with E-state index in [4.69, 9.17) is 23.7 Å². The molecule has 0 amide bonds. The Bertz CT molecular complexity index is 653. The second kappa shape index (κ2) is 8.04. The highest BCUT2D eigenvalue weighted by atomic mass is 16.7. The molecule has 2 aromatic rings. The van der Waals surface area contributed by atoms with Gasteiger partial charge < -0.3 is 23.7 Å². The number of benzene rings is 2. The Morgan fingerprint density at radius 2 is 1.58 bits per heavy atom. The SMILES string of the molecule is COCOc1ccc([C@@H]2COc3cc(OCOC)ccc3C2)cc1. The lowest BCUT2D eigenvalue weighted by Gasteiger charge is -2.26. The zero-order valence-electron chi connectivity index (χ0n) is 14.0. The first-order valence-corrected chi connectivity index (χ1v) is 7.89. The fourth-order valence-corrected chi connectivity index (χ4v) is 2.75. The minimum Gasteiger partial charge on any atom is -0.493 e. The van der Waals surface area contributed by atoms with Gasteiger partial charge in [-0.1, -0.05) is 18.2 Å². The highest BCUT2D eigenvalue weighted by molar-refractivity contribution is 5.44. The summed E-state index contributed by atoms with van der Waals surface area (Å²) in [6, 6.07) is 14.0. The Morgan fingerprint density at radius 1 is 0.917 bits per heavy atom. The standard InChI is InChI=1S/C19H22O5/c1-20-12-23-17-6-3-14(4-7-17)16-9-15-5-8-18(24-13-21-2)10-19(15)22-11-16/h3-8,10,16H,9,11-13H2,1-2H3/t16-/m0/s1. The molecule has 1 aliphatic rings. The van der Waals surface area contributed by atoms with Gasteiger partial charge in [-0.15, -0.1) is 0 Å². The van der Waals surface area contributed by atoms with Gasteiger partial charge in [0.2, 0.25) is 0 Å². The van der Waals surface area contributed by atoms with E-state index in [1.807, 2.05) is 24.3 Å². The molecule has 0 saturated carbocycles. The monoisotopic (exact) mass is 330 g/mol. The van der Waals surface area contributed by atoms with Crippen LogP contribution in [0.15, 0.2) is 42.5 Å². The molecule has 1 aliphatic heterocycles. The van der Waals surface area contributed by atoms with Gasteiger partial charge in [0.05, 0.1) is 6.61 Å². The fourth-order valence-electron chi connectivity index (χ4n) is 2.75. The van der Waals surface area contributed by atoms with E-state index < -0.39 is 0 Å². The zero-order chi connectivity index (χ0) is 16.8. The van der Waals surface area contributed by atoms with E-state index in [-0.39, 0.29) is 13.6 Å². The molecule has 0 N–H and O–H groups in total. The van der Waals surface area contributed by atoms with Crippen LogP contribution in [0.3, 0.4) is 0 Å². The lowest BCUT2D eigenvalue weighted by molar-refractivity contribution is 0.0507. The number of hydrogen-bond donors (Lipinski definition) is 0. The van der Waals surface area contributed by atoms with Gasteiger partial charge in [0, 0.05) is 26.2 Å². The Balaban J connectivity index is 1.66. The Labute approximate surface area is 142 Å². The summed E-state index contributed by atoms with van der Waals surface area (Å²) in [6.45, 7) is 1.14. The van der Waals surface area contributed by atoms with Gasteiger partial charge in [0.25, 0.3) is 0 Å². The second-order valence-electron chi connectivity index (χ2n) is 5.65. The predicted octanol–water partition coefficient (Wildman–Crippen LogP) is 3.37. The topological polar surface area (TPSA) is 46.2 Å². The number of ether oxygens (including phenoxy) is 5. The minimum absolute atomic E-state index is 0.235. The molecule has 1 atom stereocenters. The van der Waals surface area contributed by atoms with Crippen LogP contribution in [-0.4, -0.2) is 34.4 Å². The van der Waals surface area contributed by atoms with Gasteiger partial charge in [-0.25, -0.2) is 0 Å². The van der Waals surface area contributed by atoms with Gasteiger partial charge in [-0.2, -0.15) is 0 Å². The molecule has 128 valence electrons. The van der Waals surface area contributed by atoms with E-state index in [1.165, 1.54) is 11.1 Å². The summed E-state index contributed by atoms with van der Waals surface area (Å²) in [5.41, 5.74) is 2.43. The summed E-state index contributed by atoms with van der Waals surface area (Å²) in [7, 11) is 3.21. The molecule has 5 heteroatoms. The molecule has 0 aliphatic carbocycles. The van der Waals surface area contributed by atoms with Crippen LogP contribution in [0.4, 0.5) is 0 Å². The maximum Gasteiger partial charge on any atom is 0.188 e. The van der Waals surface area contributed by atoms with Crippen LogP contribution in [0.25, 0.3) is 0 Å². The summed E-state index contributed by atoms with van der Waals surface area (Å²) in [5, 5.41) is 0. The van der Waals surface area contributed by atoms with Gasteiger partial charge >= 0.3 is 0 Å². The van der Waals surface area contributed by atoms with Crippen LogP contribution in [0.1, 0.15) is 17.0 Å². The van der Waals surface area contributed by atoms with Crippen molar-refractivity contribution in [1.29, 1.82) is 0 Å². The van der Waals surface area contributed by atoms with Gasteiger partial charge in [0.15, 0.2) is 13.6 Å². The fraction of sp³-hybridized carbons (Fsp3) is 0.368. The van der Waals surface area contributed by atoms with Crippen LogP contribution >= 0.6 is 0 Å². The first-order valence-electron chi connectivity index (χ1n) is 7.89. The van der Waals surface area contributed by atoms with E-state index in [9.17, 15) is 0 Å². The van der Waals surface area contributed by atoms with Crippen LogP contribution in [0, 0.1) is 0 Å². The number of hydrogen-bond acceptors (Lipinski definition) is 5. The largest absolute Gasteiger partial charge is 0.493 e. The lowest BCUT2D eigenvalue weighted by atomic mass is 9.90. The molecule has 0 bridgehead atoms. The first kappa shape index (κ1) is 16.6.